The van der Waals surface area contributed by atoms with Gasteiger partial charge in [0.05, 0.1) is 11.4 Å². The van der Waals surface area contributed by atoms with Crippen LogP contribution in [0.25, 0.3) is 11.3 Å². The van der Waals surface area contributed by atoms with Gasteiger partial charge in [-0.2, -0.15) is 0 Å². The van der Waals surface area contributed by atoms with Crippen molar-refractivity contribution in [2.24, 2.45) is 0 Å². The zero-order valence-electron chi connectivity index (χ0n) is 16.6. The topological polar surface area (TPSA) is 70.2 Å². The molecular weight excluding hydrogens is 381 g/mol. The Morgan fingerprint density at radius 1 is 0.867 bits per heavy atom. The number of anilines is 3. The predicted molar refractivity (Wildman–Crippen MR) is 117 cm³/mol. The maximum absolute atomic E-state index is 13.7. The number of nitrogens with one attached hydrogen (secondary N) is 2. The molecule has 3 aromatic rings. The first-order valence-electron chi connectivity index (χ1n) is 10.2. The fourth-order valence-electron chi connectivity index (χ4n) is 3.55. The molecule has 30 heavy (non-hydrogen) atoms. The van der Waals surface area contributed by atoms with Crippen LogP contribution in [0.2, 0.25) is 0 Å². The molecule has 6 nitrogen and oxygen atoms in total. The van der Waals surface area contributed by atoms with E-state index in [4.69, 9.17) is 0 Å². The lowest BCUT2D eigenvalue weighted by Gasteiger charge is -2.20. The molecule has 0 saturated carbocycles. The monoisotopic (exact) mass is 405 g/mol. The van der Waals surface area contributed by atoms with Gasteiger partial charge in [0.2, 0.25) is 0 Å². The fourth-order valence-corrected chi connectivity index (χ4v) is 3.55. The third kappa shape index (κ3) is 4.92. The SMILES string of the molecule is O=C(Nc1cccc(-c2ccc(N3CCCCCC3)nn2)c1)Nc1ccccc1F. The molecule has 0 aliphatic carbocycles. The van der Waals surface area contributed by atoms with Gasteiger partial charge in [-0.25, -0.2) is 9.18 Å². The summed E-state index contributed by atoms with van der Waals surface area (Å²) in [5.74, 6) is 0.417. The van der Waals surface area contributed by atoms with Crippen molar-refractivity contribution in [1.29, 1.82) is 0 Å². The third-order valence-electron chi connectivity index (χ3n) is 5.12. The predicted octanol–water partition coefficient (Wildman–Crippen LogP) is 5.31. The normalized spacial score (nSPS) is 14.1. The van der Waals surface area contributed by atoms with E-state index in [0.717, 1.165) is 30.2 Å². The zero-order chi connectivity index (χ0) is 20.8. The van der Waals surface area contributed by atoms with Crippen molar-refractivity contribution in [3.8, 4) is 11.3 Å². The minimum atomic E-state index is -0.514. The summed E-state index contributed by atoms with van der Waals surface area (Å²) < 4.78 is 13.7. The number of amides is 2. The molecule has 1 fully saturated rings. The van der Waals surface area contributed by atoms with Crippen LogP contribution < -0.4 is 15.5 Å². The van der Waals surface area contributed by atoms with Crippen LogP contribution in [0.3, 0.4) is 0 Å². The Balaban J connectivity index is 1.44. The third-order valence-corrected chi connectivity index (χ3v) is 5.12. The van der Waals surface area contributed by atoms with E-state index < -0.39 is 11.8 Å². The summed E-state index contributed by atoms with van der Waals surface area (Å²) >= 11 is 0. The first kappa shape index (κ1) is 19.8. The van der Waals surface area contributed by atoms with Crippen LogP contribution in [-0.2, 0) is 0 Å². The molecule has 2 heterocycles. The largest absolute Gasteiger partial charge is 0.355 e. The number of carbonyl (C=O) groups is 1. The first-order valence-corrected chi connectivity index (χ1v) is 10.2. The number of urea groups is 1. The van der Waals surface area contributed by atoms with Crippen LogP contribution in [0.1, 0.15) is 25.7 Å². The van der Waals surface area contributed by atoms with Gasteiger partial charge in [-0.1, -0.05) is 37.1 Å². The highest BCUT2D eigenvalue weighted by Crippen LogP contribution is 2.23. The number of carbonyl (C=O) groups excluding carboxylic acids is 1. The number of benzene rings is 2. The number of rotatable bonds is 4. The van der Waals surface area contributed by atoms with E-state index in [-0.39, 0.29) is 5.69 Å². The van der Waals surface area contributed by atoms with Crippen molar-refractivity contribution < 1.29 is 9.18 Å². The van der Waals surface area contributed by atoms with Crippen molar-refractivity contribution in [3.05, 3.63) is 66.5 Å². The van der Waals surface area contributed by atoms with Gasteiger partial charge < -0.3 is 15.5 Å². The quantitative estimate of drug-likeness (QED) is 0.617. The molecule has 1 aromatic heterocycles. The van der Waals surface area contributed by atoms with Gasteiger partial charge in [0.1, 0.15) is 5.82 Å². The van der Waals surface area contributed by atoms with E-state index in [1.807, 2.05) is 30.3 Å². The number of hydrogen-bond acceptors (Lipinski definition) is 4. The van der Waals surface area contributed by atoms with Crippen molar-refractivity contribution in [3.63, 3.8) is 0 Å². The molecule has 0 radical (unpaired) electrons. The highest BCUT2D eigenvalue weighted by molar-refractivity contribution is 6.00. The summed E-state index contributed by atoms with van der Waals surface area (Å²) in [4.78, 5) is 14.5. The number of nitrogens with zero attached hydrogens (tertiary/aromatic N) is 3. The summed E-state index contributed by atoms with van der Waals surface area (Å²) in [7, 11) is 0. The molecule has 2 N–H and O–H groups in total. The van der Waals surface area contributed by atoms with Crippen LogP contribution in [0.4, 0.5) is 26.4 Å². The minimum absolute atomic E-state index is 0.126. The second-order valence-electron chi connectivity index (χ2n) is 7.32. The van der Waals surface area contributed by atoms with Gasteiger partial charge in [-0.3, -0.25) is 0 Å². The Hall–Kier alpha value is -3.48. The Bertz CT molecular complexity index is 1000. The van der Waals surface area contributed by atoms with Gasteiger partial charge in [0.15, 0.2) is 5.82 Å². The Labute approximate surface area is 175 Å². The highest BCUT2D eigenvalue weighted by Gasteiger charge is 2.12. The molecule has 1 aliphatic heterocycles. The van der Waals surface area contributed by atoms with Crippen LogP contribution in [0.5, 0.6) is 0 Å². The fraction of sp³-hybridized carbons (Fsp3) is 0.261. The summed E-state index contributed by atoms with van der Waals surface area (Å²) in [6.07, 6.45) is 4.91. The molecule has 0 spiro atoms. The lowest BCUT2D eigenvalue weighted by atomic mass is 10.1. The minimum Gasteiger partial charge on any atom is -0.355 e. The molecule has 2 amide bonds. The average molecular weight is 405 g/mol. The summed E-state index contributed by atoms with van der Waals surface area (Å²) in [5.41, 5.74) is 2.28. The van der Waals surface area contributed by atoms with E-state index in [9.17, 15) is 9.18 Å². The average Bonchev–Trinajstić information content (AvgIpc) is 3.05. The summed E-state index contributed by atoms with van der Waals surface area (Å²) in [6.45, 7) is 2.04. The Morgan fingerprint density at radius 3 is 2.40 bits per heavy atom. The highest BCUT2D eigenvalue weighted by atomic mass is 19.1. The second kappa shape index (κ2) is 9.35. The van der Waals surface area contributed by atoms with E-state index in [1.165, 1.54) is 37.8 Å². The Morgan fingerprint density at radius 2 is 1.67 bits per heavy atom. The van der Waals surface area contributed by atoms with E-state index >= 15 is 0 Å². The van der Waals surface area contributed by atoms with Crippen LogP contribution in [0, 0.1) is 5.82 Å². The van der Waals surface area contributed by atoms with E-state index in [2.05, 4.69) is 25.7 Å². The van der Waals surface area contributed by atoms with Crippen molar-refractivity contribution in [1.82, 2.24) is 10.2 Å². The van der Waals surface area contributed by atoms with E-state index in [0.29, 0.717) is 5.69 Å². The smallest absolute Gasteiger partial charge is 0.323 e. The molecule has 1 aliphatic rings. The van der Waals surface area contributed by atoms with E-state index in [1.54, 1.807) is 18.2 Å². The zero-order valence-corrected chi connectivity index (χ0v) is 16.6. The Kier molecular flexibility index (Phi) is 6.17. The van der Waals surface area contributed by atoms with Gasteiger partial charge in [-0.05, 0) is 49.2 Å². The molecule has 2 aromatic carbocycles. The number of para-hydroxylation sites is 1. The van der Waals surface area contributed by atoms with Crippen molar-refractivity contribution >= 4 is 23.2 Å². The maximum Gasteiger partial charge on any atom is 0.323 e. The molecule has 0 atom stereocenters. The van der Waals surface area contributed by atoms with Gasteiger partial charge in [0.25, 0.3) is 0 Å². The van der Waals surface area contributed by atoms with Crippen LogP contribution in [-0.4, -0.2) is 29.3 Å². The van der Waals surface area contributed by atoms with Crippen molar-refractivity contribution in [2.45, 2.75) is 25.7 Å². The summed E-state index contributed by atoms with van der Waals surface area (Å²) in [5, 5.41) is 14.0. The van der Waals surface area contributed by atoms with Crippen LogP contribution >= 0.6 is 0 Å². The molecule has 1 saturated heterocycles. The number of hydrogen-bond donors (Lipinski definition) is 2. The lowest BCUT2D eigenvalue weighted by molar-refractivity contribution is 0.262. The molecule has 0 bridgehead atoms. The maximum atomic E-state index is 13.7. The lowest BCUT2D eigenvalue weighted by Crippen LogP contribution is -2.25. The van der Waals surface area contributed by atoms with Crippen molar-refractivity contribution in [2.75, 3.05) is 28.6 Å². The van der Waals surface area contributed by atoms with Gasteiger partial charge in [0, 0.05) is 24.3 Å². The molecule has 154 valence electrons. The summed E-state index contributed by atoms with van der Waals surface area (Å²) in [6, 6.07) is 16.8. The number of aromatic nitrogens is 2. The molecule has 4 rings (SSSR count). The molecule has 0 unspecified atom stereocenters. The van der Waals surface area contributed by atoms with Gasteiger partial charge >= 0.3 is 6.03 Å². The number of halogens is 1. The standard InChI is InChI=1S/C23H24FN5O/c24-19-10-3-4-11-21(19)26-23(30)25-18-9-7-8-17(16-18)20-12-13-22(28-27-20)29-14-5-1-2-6-15-29/h3-4,7-13,16H,1-2,5-6,14-15H2,(H2,25,26,30). The van der Waals surface area contributed by atoms with Crippen LogP contribution in [0.15, 0.2) is 60.7 Å². The first-order chi connectivity index (χ1) is 14.7. The molecule has 7 heteroatoms. The molecular formula is C23H24FN5O. The van der Waals surface area contributed by atoms with Gasteiger partial charge in [-0.15, -0.1) is 10.2 Å². The second-order valence-corrected chi connectivity index (χ2v) is 7.32.